The molecule has 1 aromatic rings. The summed E-state index contributed by atoms with van der Waals surface area (Å²) in [6, 6.07) is 7.49. The van der Waals surface area contributed by atoms with Crippen molar-refractivity contribution in [3.8, 4) is 0 Å². The molecule has 1 unspecified atom stereocenters. The molecule has 2 nitrogen and oxygen atoms in total. The Balaban J connectivity index is 2.79. The molecule has 0 aromatic heterocycles. The minimum absolute atomic E-state index is 0.384. The van der Waals surface area contributed by atoms with Crippen LogP contribution in [0.25, 0.3) is 0 Å². The van der Waals surface area contributed by atoms with Gasteiger partial charge in [-0.3, -0.25) is 4.79 Å². The molecule has 0 amide bonds. The van der Waals surface area contributed by atoms with Crippen molar-refractivity contribution < 1.29 is 9.90 Å². The van der Waals surface area contributed by atoms with Gasteiger partial charge < -0.3 is 5.11 Å². The summed E-state index contributed by atoms with van der Waals surface area (Å²) in [7, 11) is 0. The number of hydrogen-bond donors (Lipinski definition) is 1. The van der Waals surface area contributed by atoms with E-state index in [2.05, 4.69) is 15.9 Å². The Morgan fingerprint density at radius 3 is 2.53 bits per heavy atom. The van der Waals surface area contributed by atoms with Crippen molar-refractivity contribution in [3.05, 3.63) is 34.3 Å². The molecule has 0 radical (unpaired) electrons. The molecule has 0 spiro atoms. The third-order valence-electron chi connectivity index (χ3n) is 2.18. The number of carboxylic acids is 1. The van der Waals surface area contributed by atoms with Crippen LogP contribution in [0.4, 0.5) is 0 Å². The maximum atomic E-state index is 11.1. The van der Waals surface area contributed by atoms with Crippen LogP contribution in [0.15, 0.2) is 28.7 Å². The number of thioether (sulfide) groups is 1. The van der Waals surface area contributed by atoms with Gasteiger partial charge in [-0.25, -0.2) is 0 Å². The minimum Gasteiger partial charge on any atom is -0.481 e. The number of aliphatic carboxylic acids is 1. The van der Waals surface area contributed by atoms with Crippen LogP contribution in [0, 0.1) is 0 Å². The van der Waals surface area contributed by atoms with Crippen LogP contribution in [0.2, 0.25) is 0 Å². The fraction of sp³-hybridized carbons (Fsp3) is 0.364. The van der Waals surface area contributed by atoms with Gasteiger partial charge in [-0.1, -0.05) is 28.1 Å². The van der Waals surface area contributed by atoms with Gasteiger partial charge in [0.2, 0.25) is 0 Å². The van der Waals surface area contributed by atoms with Crippen molar-refractivity contribution in [1.29, 1.82) is 0 Å². The predicted octanol–water partition coefficient (Wildman–Crippen LogP) is 3.37. The molecular weight excluding hydrogens is 276 g/mol. The third-order valence-corrected chi connectivity index (χ3v) is 3.35. The van der Waals surface area contributed by atoms with E-state index in [1.54, 1.807) is 11.8 Å². The molecule has 0 bridgehead atoms. The Kier molecular flexibility index (Phi) is 5.19. The Labute approximate surface area is 102 Å². The van der Waals surface area contributed by atoms with Crippen LogP contribution in [0.3, 0.4) is 0 Å². The fourth-order valence-corrected chi connectivity index (χ4v) is 2.10. The molecule has 1 aromatic carbocycles. The lowest BCUT2D eigenvalue weighted by Crippen LogP contribution is -2.12. The molecular formula is C11H13BrO2S. The number of carbonyl (C=O) groups is 1. The molecule has 0 saturated heterocycles. The van der Waals surface area contributed by atoms with Crippen molar-refractivity contribution in [2.24, 2.45) is 0 Å². The normalized spacial score (nSPS) is 12.4. The van der Waals surface area contributed by atoms with Crippen molar-refractivity contribution in [2.45, 2.75) is 12.3 Å². The zero-order valence-electron chi connectivity index (χ0n) is 8.44. The molecule has 0 saturated carbocycles. The van der Waals surface area contributed by atoms with Crippen LogP contribution >= 0.6 is 27.7 Å². The second-order valence-corrected chi connectivity index (χ2v) is 5.13. The zero-order valence-corrected chi connectivity index (χ0v) is 10.8. The van der Waals surface area contributed by atoms with Gasteiger partial charge in [0.25, 0.3) is 0 Å². The molecule has 4 heteroatoms. The first-order valence-electron chi connectivity index (χ1n) is 4.62. The van der Waals surface area contributed by atoms with E-state index in [9.17, 15) is 4.79 Å². The predicted molar refractivity (Wildman–Crippen MR) is 67.5 cm³/mol. The standard InChI is InChI=1S/C11H13BrO2S/c1-15-7-6-10(11(13)14)8-2-4-9(12)5-3-8/h2-5,10H,6-7H2,1H3,(H,13,14). The molecule has 0 aliphatic carbocycles. The molecule has 0 aliphatic heterocycles. The highest BCUT2D eigenvalue weighted by Gasteiger charge is 2.18. The van der Waals surface area contributed by atoms with Gasteiger partial charge in [-0.2, -0.15) is 11.8 Å². The smallest absolute Gasteiger partial charge is 0.311 e. The van der Waals surface area contributed by atoms with Crippen molar-refractivity contribution in [1.82, 2.24) is 0 Å². The van der Waals surface area contributed by atoms with Crippen molar-refractivity contribution in [3.63, 3.8) is 0 Å². The Bertz CT molecular complexity index is 324. The van der Waals surface area contributed by atoms with Gasteiger partial charge in [-0.15, -0.1) is 0 Å². The summed E-state index contributed by atoms with van der Waals surface area (Å²) < 4.78 is 0.972. The van der Waals surface area contributed by atoms with Gasteiger partial charge in [0.05, 0.1) is 5.92 Å². The van der Waals surface area contributed by atoms with E-state index in [0.717, 1.165) is 15.8 Å². The molecule has 15 heavy (non-hydrogen) atoms. The maximum absolute atomic E-state index is 11.1. The van der Waals surface area contributed by atoms with Crippen LogP contribution in [-0.4, -0.2) is 23.1 Å². The first-order valence-corrected chi connectivity index (χ1v) is 6.81. The lowest BCUT2D eigenvalue weighted by molar-refractivity contribution is -0.138. The zero-order chi connectivity index (χ0) is 11.3. The summed E-state index contributed by atoms with van der Waals surface area (Å²) in [5, 5.41) is 9.10. The number of carboxylic acid groups (broad SMARTS) is 1. The van der Waals surface area contributed by atoms with E-state index in [1.807, 2.05) is 30.5 Å². The highest BCUT2D eigenvalue weighted by molar-refractivity contribution is 9.10. The third kappa shape index (κ3) is 3.87. The van der Waals surface area contributed by atoms with Gasteiger partial charge in [0.1, 0.15) is 0 Å². The fourth-order valence-electron chi connectivity index (χ4n) is 1.36. The molecule has 0 heterocycles. The SMILES string of the molecule is CSCCC(C(=O)O)c1ccc(Br)cc1. The highest BCUT2D eigenvalue weighted by Crippen LogP contribution is 2.23. The monoisotopic (exact) mass is 288 g/mol. The molecule has 0 fully saturated rings. The largest absolute Gasteiger partial charge is 0.481 e. The van der Waals surface area contributed by atoms with Gasteiger partial charge in [0, 0.05) is 4.47 Å². The topological polar surface area (TPSA) is 37.3 Å². The molecule has 82 valence electrons. The van der Waals surface area contributed by atoms with Crippen molar-refractivity contribution in [2.75, 3.05) is 12.0 Å². The second kappa shape index (κ2) is 6.18. The average molecular weight is 289 g/mol. The number of halogens is 1. The first kappa shape index (κ1) is 12.6. The summed E-state index contributed by atoms with van der Waals surface area (Å²) in [6.07, 6.45) is 2.67. The number of rotatable bonds is 5. The molecule has 1 rings (SSSR count). The van der Waals surface area contributed by atoms with Crippen molar-refractivity contribution >= 4 is 33.7 Å². The Hall–Kier alpha value is -0.480. The van der Waals surface area contributed by atoms with Crippen LogP contribution in [0.5, 0.6) is 0 Å². The summed E-state index contributed by atoms with van der Waals surface area (Å²) in [5.74, 6) is -0.260. The van der Waals surface area contributed by atoms with E-state index in [-0.39, 0.29) is 5.92 Å². The molecule has 1 atom stereocenters. The van der Waals surface area contributed by atoms with E-state index >= 15 is 0 Å². The van der Waals surface area contributed by atoms with Crippen LogP contribution in [0.1, 0.15) is 17.9 Å². The molecule has 0 aliphatic rings. The van der Waals surface area contributed by atoms with E-state index in [1.165, 1.54) is 0 Å². The average Bonchev–Trinajstić information content (AvgIpc) is 2.21. The molecule has 1 N–H and O–H groups in total. The number of benzene rings is 1. The summed E-state index contributed by atoms with van der Waals surface area (Å²) in [4.78, 5) is 11.1. The minimum atomic E-state index is -0.744. The van der Waals surface area contributed by atoms with Crippen LogP contribution in [-0.2, 0) is 4.79 Å². The van der Waals surface area contributed by atoms with E-state index in [4.69, 9.17) is 5.11 Å². The lowest BCUT2D eigenvalue weighted by Gasteiger charge is -2.11. The maximum Gasteiger partial charge on any atom is 0.311 e. The number of hydrogen-bond acceptors (Lipinski definition) is 2. The summed E-state index contributed by atoms with van der Waals surface area (Å²) >= 11 is 5.01. The Morgan fingerprint density at radius 1 is 1.47 bits per heavy atom. The quantitative estimate of drug-likeness (QED) is 0.903. The van der Waals surface area contributed by atoms with E-state index in [0.29, 0.717) is 6.42 Å². The van der Waals surface area contributed by atoms with Gasteiger partial charge in [0.15, 0.2) is 0 Å². The summed E-state index contributed by atoms with van der Waals surface area (Å²) in [6.45, 7) is 0. The highest BCUT2D eigenvalue weighted by atomic mass is 79.9. The second-order valence-electron chi connectivity index (χ2n) is 3.22. The summed E-state index contributed by atoms with van der Waals surface area (Å²) in [5.41, 5.74) is 0.875. The van der Waals surface area contributed by atoms with Crippen LogP contribution < -0.4 is 0 Å². The van der Waals surface area contributed by atoms with Gasteiger partial charge in [-0.05, 0) is 36.1 Å². The Morgan fingerprint density at radius 2 is 2.07 bits per heavy atom. The van der Waals surface area contributed by atoms with E-state index < -0.39 is 5.97 Å². The van der Waals surface area contributed by atoms with Gasteiger partial charge >= 0.3 is 5.97 Å². The first-order chi connectivity index (χ1) is 7.15. The lowest BCUT2D eigenvalue weighted by atomic mass is 9.97.